The fraction of sp³-hybridized carbons (Fsp3) is 0.333. The summed E-state index contributed by atoms with van der Waals surface area (Å²) in [6, 6.07) is 13.3. The molecule has 0 saturated carbocycles. The minimum absolute atomic E-state index is 0.0417. The Morgan fingerprint density at radius 2 is 2.08 bits per heavy atom. The third-order valence-electron chi connectivity index (χ3n) is 4.18. The predicted octanol–water partition coefficient (Wildman–Crippen LogP) is 2.43. The number of amides is 2. The van der Waals surface area contributed by atoms with Crippen LogP contribution in [0, 0.1) is 0 Å². The van der Waals surface area contributed by atoms with E-state index >= 15 is 0 Å². The maximum atomic E-state index is 12.8. The highest BCUT2D eigenvalue weighted by Gasteiger charge is 2.45. The first kappa shape index (κ1) is 16.6. The normalized spacial score (nSPS) is 20.9. The van der Waals surface area contributed by atoms with Gasteiger partial charge < -0.3 is 14.6 Å². The molecular formula is C18H20N2O3S. The topological polar surface area (TPSA) is 62.6 Å². The maximum Gasteiger partial charge on any atom is 0.246 e. The molecule has 1 N–H and O–H groups in total. The van der Waals surface area contributed by atoms with Gasteiger partial charge in [-0.05, 0) is 24.6 Å². The lowest BCUT2D eigenvalue weighted by Crippen LogP contribution is -2.62. The number of thioether (sulfide) groups is 1. The van der Waals surface area contributed by atoms with Gasteiger partial charge in [0, 0.05) is 12.3 Å². The van der Waals surface area contributed by atoms with E-state index in [-0.39, 0.29) is 11.8 Å². The zero-order valence-corrected chi connectivity index (χ0v) is 14.3. The molecule has 5 nitrogen and oxygen atoms in total. The summed E-state index contributed by atoms with van der Waals surface area (Å²) in [6.07, 6.45) is 1.57. The van der Waals surface area contributed by atoms with E-state index in [0.717, 1.165) is 5.56 Å². The molecule has 6 heteroatoms. The first-order valence-electron chi connectivity index (χ1n) is 7.82. The number of hydrogen-bond donors (Lipinski definition) is 1. The van der Waals surface area contributed by atoms with Crippen LogP contribution in [-0.2, 0) is 22.7 Å². The van der Waals surface area contributed by atoms with Crippen molar-refractivity contribution in [1.82, 2.24) is 10.2 Å². The highest BCUT2D eigenvalue weighted by molar-refractivity contribution is 8.00. The van der Waals surface area contributed by atoms with E-state index in [1.54, 1.807) is 17.2 Å². The predicted molar refractivity (Wildman–Crippen MR) is 93.3 cm³/mol. The molecular weight excluding hydrogens is 324 g/mol. The first-order valence-corrected chi connectivity index (χ1v) is 8.98. The molecule has 24 heavy (non-hydrogen) atoms. The number of furan rings is 1. The lowest BCUT2D eigenvalue weighted by molar-refractivity contribution is -0.145. The summed E-state index contributed by atoms with van der Waals surface area (Å²) in [7, 11) is 0. The van der Waals surface area contributed by atoms with E-state index in [1.807, 2.05) is 43.3 Å². The second-order valence-electron chi connectivity index (χ2n) is 5.99. The van der Waals surface area contributed by atoms with E-state index in [4.69, 9.17) is 4.42 Å². The third-order valence-corrected chi connectivity index (χ3v) is 5.40. The van der Waals surface area contributed by atoms with Gasteiger partial charge in [0.05, 0.1) is 18.6 Å². The van der Waals surface area contributed by atoms with Crippen LogP contribution in [0.5, 0.6) is 0 Å². The number of nitrogens with one attached hydrogen (secondary N) is 1. The number of carbonyl (C=O) groups excluding carboxylic acids is 2. The van der Waals surface area contributed by atoms with Gasteiger partial charge in [0.2, 0.25) is 11.8 Å². The van der Waals surface area contributed by atoms with Crippen LogP contribution in [0.15, 0.2) is 53.1 Å². The lowest BCUT2D eigenvalue weighted by atomic mass is 10.00. The Hall–Kier alpha value is -2.21. The molecule has 1 aliphatic rings. The summed E-state index contributed by atoms with van der Waals surface area (Å²) in [5.74, 6) is 1.46. The molecule has 1 atom stereocenters. The number of nitrogens with zero attached hydrogens (tertiary/aromatic N) is 1. The average molecular weight is 344 g/mol. The van der Waals surface area contributed by atoms with E-state index in [1.165, 1.54) is 11.8 Å². The van der Waals surface area contributed by atoms with Crippen molar-refractivity contribution in [3.05, 3.63) is 60.1 Å². The van der Waals surface area contributed by atoms with Crippen molar-refractivity contribution < 1.29 is 14.0 Å². The molecule has 0 bridgehead atoms. The van der Waals surface area contributed by atoms with Crippen LogP contribution in [0.1, 0.15) is 18.2 Å². The van der Waals surface area contributed by atoms with Gasteiger partial charge in [-0.3, -0.25) is 9.59 Å². The van der Waals surface area contributed by atoms with Crippen LogP contribution in [0.2, 0.25) is 0 Å². The molecule has 1 aromatic carbocycles. The minimum atomic E-state index is -0.887. The fourth-order valence-corrected chi connectivity index (χ4v) is 3.86. The van der Waals surface area contributed by atoms with E-state index in [2.05, 4.69) is 5.32 Å². The summed E-state index contributed by atoms with van der Waals surface area (Å²) >= 11 is 1.49. The highest BCUT2D eigenvalue weighted by atomic mass is 32.2. The van der Waals surface area contributed by atoms with E-state index in [0.29, 0.717) is 30.4 Å². The second-order valence-corrected chi connectivity index (χ2v) is 6.98. The van der Waals surface area contributed by atoms with Gasteiger partial charge in [-0.25, -0.2) is 0 Å². The van der Waals surface area contributed by atoms with Gasteiger partial charge in [-0.2, -0.15) is 0 Å². The number of rotatable bonds is 5. The second kappa shape index (κ2) is 7.13. The molecule has 1 aliphatic heterocycles. The summed E-state index contributed by atoms with van der Waals surface area (Å²) in [6.45, 7) is 2.57. The molecule has 2 aromatic rings. The maximum absolute atomic E-state index is 12.8. The van der Waals surface area contributed by atoms with Crippen molar-refractivity contribution in [2.75, 3.05) is 11.5 Å². The van der Waals surface area contributed by atoms with Gasteiger partial charge >= 0.3 is 0 Å². The van der Waals surface area contributed by atoms with Gasteiger partial charge in [0.1, 0.15) is 11.3 Å². The quantitative estimate of drug-likeness (QED) is 0.905. The average Bonchev–Trinajstić information content (AvgIpc) is 3.10. The van der Waals surface area contributed by atoms with Gasteiger partial charge in [0.15, 0.2) is 0 Å². The van der Waals surface area contributed by atoms with Crippen molar-refractivity contribution in [3.8, 4) is 0 Å². The smallest absolute Gasteiger partial charge is 0.246 e. The van der Waals surface area contributed by atoms with E-state index in [9.17, 15) is 9.59 Å². The molecule has 2 heterocycles. The molecule has 3 rings (SSSR count). The standard InChI is InChI=1S/C18H20N2O3S/c1-18(17(22)19-10-14-6-3-2-4-7-14)13-24-12-16(21)20(18)11-15-8-5-9-23-15/h2-9H,10-13H2,1H3,(H,19,22). The Morgan fingerprint density at radius 3 is 2.79 bits per heavy atom. The van der Waals surface area contributed by atoms with Crippen molar-refractivity contribution in [1.29, 1.82) is 0 Å². The summed E-state index contributed by atoms with van der Waals surface area (Å²) in [5, 5.41) is 2.96. The monoisotopic (exact) mass is 344 g/mol. The summed E-state index contributed by atoms with van der Waals surface area (Å²) in [5.41, 5.74) is 0.142. The lowest BCUT2D eigenvalue weighted by Gasteiger charge is -2.42. The SMILES string of the molecule is CC1(C(=O)NCc2ccccc2)CSCC(=O)N1Cc1ccco1. The highest BCUT2D eigenvalue weighted by Crippen LogP contribution is 2.29. The zero-order chi connectivity index (χ0) is 17.0. The molecule has 0 aliphatic carbocycles. The van der Waals surface area contributed by atoms with Crippen molar-refractivity contribution in [3.63, 3.8) is 0 Å². The summed E-state index contributed by atoms with van der Waals surface area (Å²) in [4.78, 5) is 26.9. The van der Waals surface area contributed by atoms with Crippen LogP contribution in [0.25, 0.3) is 0 Å². The molecule has 1 unspecified atom stereocenters. The fourth-order valence-electron chi connectivity index (χ4n) is 2.75. The Morgan fingerprint density at radius 1 is 1.29 bits per heavy atom. The van der Waals surface area contributed by atoms with Crippen molar-refractivity contribution >= 4 is 23.6 Å². The van der Waals surface area contributed by atoms with Crippen molar-refractivity contribution in [2.24, 2.45) is 0 Å². The van der Waals surface area contributed by atoms with Crippen LogP contribution < -0.4 is 5.32 Å². The van der Waals surface area contributed by atoms with Crippen LogP contribution in [-0.4, -0.2) is 33.8 Å². The Bertz CT molecular complexity index is 702. The third kappa shape index (κ3) is 3.48. The van der Waals surface area contributed by atoms with Gasteiger partial charge in [0.25, 0.3) is 0 Å². The van der Waals surface area contributed by atoms with Gasteiger partial charge in [-0.15, -0.1) is 11.8 Å². The number of hydrogen-bond acceptors (Lipinski definition) is 4. The molecule has 0 radical (unpaired) electrons. The molecule has 1 fully saturated rings. The largest absolute Gasteiger partial charge is 0.467 e. The molecule has 2 amide bonds. The van der Waals surface area contributed by atoms with Crippen molar-refractivity contribution in [2.45, 2.75) is 25.6 Å². The van der Waals surface area contributed by atoms with Crippen LogP contribution in [0.4, 0.5) is 0 Å². The molecule has 126 valence electrons. The Kier molecular flexibility index (Phi) is 4.94. The number of benzene rings is 1. The Balaban J connectivity index is 1.73. The number of carbonyl (C=O) groups is 2. The van der Waals surface area contributed by atoms with Crippen LogP contribution >= 0.6 is 11.8 Å². The van der Waals surface area contributed by atoms with Crippen LogP contribution in [0.3, 0.4) is 0 Å². The van der Waals surface area contributed by atoms with E-state index < -0.39 is 5.54 Å². The van der Waals surface area contributed by atoms with Gasteiger partial charge in [-0.1, -0.05) is 30.3 Å². The molecule has 0 spiro atoms. The first-order chi connectivity index (χ1) is 11.6. The molecule has 1 aromatic heterocycles. The Labute approximate surface area is 145 Å². The minimum Gasteiger partial charge on any atom is -0.467 e. The zero-order valence-electron chi connectivity index (χ0n) is 13.5. The molecule has 1 saturated heterocycles. The summed E-state index contributed by atoms with van der Waals surface area (Å²) < 4.78 is 5.35.